The van der Waals surface area contributed by atoms with Crippen LogP contribution in [-0.2, 0) is 13.2 Å². The predicted molar refractivity (Wildman–Crippen MR) is 78.3 cm³/mol. The lowest BCUT2D eigenvalue weighted by Crippen LogP contribution is -2.26. The average molecular weight is 282 g/mol. The number of hydrogen-bond acceptors (Lipinski definition) is 5. The van der Waals surface area contributed by atoms with Crippen LogP contribution in [0.5, 0.6) is 5.75 Å². The van der Waals surface area contributed by atoms with E-state index in [0.717, 1.165) is 18.0 Å². The number of thioether (sulfide) groups is 1. The van der Waals surface area contributed by atoms with Gasteiger partial charge in [-0.1, -0.05) is 0 Å². The van der Waals surface area contributed by atoms with Crippen LogP contribution in [0.15, 0.2) is 6.20 Å². The van der Waals surface area contributed by atoms with E-state index in [1.807, 2.05) is 11.8 Å². The van der Waals surface area contributed by atoms with E-state index >= 15 is 0 Å². The molecule has 1 aliphatic heterocycles. The standard InChI is InChI=1S/C14H22N2O2S/c1-10-14(18)13(12(9-17)7-16-10)8-15-6-11-2-4-19-5-3-11/h7,11,15,17-18H,2-6,8-9H2,1H3. The zero-order chi connectivity index (χ0) is 13.7. The Morgan fingerprint density at radius 3 is 2.84 bits per heavy atom. The first kappa shape index (κ1) is 14.6. The monoisotopic (exact) mass is 282 g/mol. The van der Waals surface area contributed by atoms with Crippen LogP contribution in [0.4, 0.5) is 0 Å². The first-order valence-corrected chi connectivity index (χ1v) is 7.93. The number of aromatic hydroxyl groups is 1. The van der Waals surface area contributed by atoms with Gasteiger partial charge in [0.05, 0.1) is 12.3 Å². The fourth-order valence-electron chi connectivity index (χ4n) is 2.37. The van der Waals surface area contributed by atoms with Crippen LogP contribution in [0.25, 0.3) is 0 Å². The molecule has 0 amide bonds. The van der Waals surface area contributed by atoms with Gasteiger partial charge >= 0.3 is 0 Å². The number of rotatable bonds is 5. The van der Waals surface area contributed by atoms with Crippen molar-refractivity contribution in [2.24, 2.45) is 5.92 Å². The van der Waals surface area contributed by atoms with Crippen molar-refractivity contribution in [1.82, 2.24) is 10.3 Å². The summed E-state index contributed by atoms with van der Waals surface area (Å²) in [4.78, 5) is 4.07. The van der Waals surface area contributed by atoms with Gasteiger partial charge in [-0.3, -0.25) is 4.98 Å². The van der Waals surface area contributed by atoms with Crippen molar-refractivity contribution in [3.05, 3.63) is 23.0 Å². The summed E-state index contributed by atoms with van der Waals surface area (Å²) in [5.41, 5.74) is 2.10. The van der Waals surface area contributed by atoms with Crippen LogP contribution in [0.2, 0.25) is 0 Å². The second kappa shape index (κ2) is 7.12. The second-order valence-electron chi connectivity index (χ2n) is 5.04. The van der Waals surface area contributed by atoms with Crippen molar-refractivity contribution in [1.29, 1.82) is 0 Å². The van der Waals surface area contributed by atoms with Crippen LogP contribution in [0, 0.1) is 12.8 Å². The molecular weight excluding hydrogens is 260 g/mol. The molecule has 0 spiro atoms. The number of aliphatic hydroxyl groups is 1. The summed E-state index contributed by atoms with van der Waals surface area (Å²) < 4.78 is 0. The normalized spacial score (nSPS) is 16.7. The molecule has 5 heteroatoms. The van der Waals surface area contributed by atoms with E-state index in [1.54, 1.807) is 13.1 Å². The van der Waals surface area contributed by atoms with Gasteiger partial charge in [-0.15, -0.1) is 0 Å². The van der Waals surface area contributed by atoms with Gasteiger partial charge in [0.1, 0.15) is 5.75 Å². The van der Waals surface area contributed by atoms with Crippen molar-refractivity contribution in [2.75, 3.05) is 18.1 Å². The highest BCUT2D eigenvalue weighted by Gasteiger charge is 2.15. The summed E-state index contributed by atoms with van der Waals surface area (Å²) in [6.07, 6.45) is 4.18. The van der Waals surface area contributed by atoms with Gasteiger partial charge in [0, 0.05) is 23.9 Å². The molecule has 1 aromatic rings. The van der Waals surface area contributed by atoms with E-state index in [1.165, 1.54) is 24.3 Å². The Balaban J connectivity index is 1.92. The molecule has 0 bridgehead atoms. The number of hydrogen-bond donors (Lipinski definition) is 3. The molecule has 2 heterocycles. The van der Waals surface area contributed by atoms with Crippen LogP contribution >= 0.6 is 11.8 Å². The lowest BCUT2D eigenvalue weighted by Gasteiger charge is -2.22. The molecule has 0 atom stereocenters. The Morgan fingerprint density at radius 1 is 1.42 bits per heavy atom. The number of aryl methyl sites for hydroxylation is 1. The Bertz CT molecular complexity index is 420. The Kier molecular flexibility index (Phi) is 5.48. The van der Waals surface area contributed by atoms with Crippen LogP contribution in [0.3, 0.4) is 0 Å². The number of nitrogens with zero attached hydrogens (tertiary/aromatic N) is 1. The topological polar surface area (TPSA) is 65.4 Å². The molecule has 2 rings (SSSR count). The predicted octanol–water partition coefficient (Wildman–Crippen LogP) is 1.82. The molecular formula is C14H22N2O2S. The quantitative estimate of drug-likeness (QED) is 0.769. The van der Waals surface area contributed by atoms with Gasteiger partial charge in [-0.2, -0.15) is 11.8 Å². The largest absolute Gasteiger partial charge is 0.506 e. The molecule has 1 fully saturated rings. The molecule has 0 unspecified atom stereocenters. The first-order valence-electron chi connectivity index (χ1n) is 6.78. The molecule has 1 aromatic heterocycles. The highest BCUT2D eigenvalue weighted by molar-refractivity contribution is 7.99. The number of aromatic nitrogens is 1. The third-order valence-corrected chi connectivity index (χ3v) is 4.72. The van der Waals surface area contributed by atoms with E-state index in [4.69, 9.17) is 0 Å². The first-order chi connectivity index (χ1) is 9.22. The van der Waals surface area contributed by atoms with E-state index in [0.29, 0.717) is 17.8 Å². The summed E-state index contributed by atoms with van der Waals surface area (Å²) in [6, 6.07) is 0. The highest BCUT2D eigenvalue weighted by Crippen LogP contribution is 2.25. The van der Waals surface area contributed by atoms with Crippen molar-refractivity contribution in [2.45, 2.75) is 32.9 Å². The van der Waals surface area contributed by atoms with Gasteiger partial charge < -0.3 is 15.5 Å². The Morgan fingerprint density at radius 2 is 2.16 bits per heavy atom. The summed E-state index contributed by atoms with van der Waals surface area (Å²) >= 11 is 2.03. The zero-order valence-corrected chi connectivity index (χ0v) is 12.2. The lowest BCUT2D eigenvalue weighted by molar-refractivity contribution is 0.278. The van der Waals surface area contributed by atoms with Gasteiger partial charge in [-0.25, -0.2) is 0 Å². The molecule has 4 nitrogen and oxygen atoms in total. The average Bonchev–Trinajstić information content (AvgIpc) is 2.45. The summed E-state index contributed by atoms with van der Waals surface area (Å²) in [5, 5.41) is 22.7. The van der Waals surface area contributed by atoms with Gasteiger partial charge in [-0.05, 0) is 43.7 Å². The van der Waals surface area contributed by atoms with Crippen molar-refractivity contribution in [3.8, 4) is 5.75 Å². The molecule has 0 radical (unpaired) electrons. The molecule has 0 aromatic carbocycles. The second-order valence-corrected chi connectivity index (χ2v) is 6.27. The minimum atomic E-state index is -0.0854. The smallest absolute Gasteiger partial charge is 0.141 e. The highest BCUT2D eigenvalue weighted by atomic mass is 32.2. The van der Waals surface area contributed by atoms with Gasteiger partial charge in [0.25, 0.3) is 0 Å². The maximum atomic E-state index is 10.0. The van der Waals surface area contributed by atoms with Crippen molar-refractivity contribution >= 4 is 11.8 Å². The van der Waals surface area contributed by atoms with Crippen LogP contribution < -0.4 is 5.32 Å². The maximum Gasteiger partial charge on any atom is 0.141 e. The number of nitrogens with one attached hydrogen (secondary N) is 1. The minimum absolute atomic E-state index is 0.0854. The number of pyridine rings is 1. The third-order valence-electron chi connectivity index (χ3n) is 3.68. The zero-order valence-electron chi connectivity index (χ0n) is 11.4. The maximum absolute atomic E-state index is 10.0. The van der Waals surface area contributed by atoms with Crippen molar-refractivity contribution in [3.63, 3.8) is 0 Å². The fraction of sp³-hybridized carbons (Fsp3) is 0.643. The molecule has 3 N–H and O–H groups in total. The molecule has 19 heavy (non-hydrogen) atoms. The minimum Gasteiger partial charge on any atom is -0.506 e. The third kappa shape index (κ3) is 3.84. The van der Waals surface area contributed by atoms with Crippen LogP contribution in [-0.4, -0.2) is 33.2 Å². The fourth-order valence-corrected chi connectivity index (χ4v) is 3.57. The SMILES string of the molecule is Cc1ncc(CO)c(CNCC2CCSCC2)c1O. The van der Waals surface area contributed by atoms with E-state index in [-0.39, 0.29) is 12.4 Å². The Labute approximate surface area is 118 Å². The number of aliphatic hydroxyl groups excluding tert-OH is 1. The summed E-state index contributed by atoms with van der Waals surface area (Å²) in [7, 11) is 0. The van der Waals surface area contributed by atoms with E-state index < -0.39 is 0 Å². The molecule has 0 saturated carbocycles. The van der Waals surface area contributed by atoms with Crippen molar-refractivity contribution < 1.29 is 10.2 Å². The van der Waals surface area contributed by atoms with E-state index in [2.05, 4.69) is 10.3 Å². The Hall–Kier alpha value is -0.780. The lowest BCUT2D eigenvalue weighted by atomic mass is 10.0. The van der Waals surface area contributed by atoms with E-state index in [9.17, 15) is 10.2 Å². The summed E-state index contributed by atoms with van der Waals surface area (Å²) in [5.74, 6) is 3.46. The molecule has 1 aliphatic rings. The molecule has 0 aliphatic carbocycles. The summed E-state index contributed by atoms with van der Waals surface area (Å²) in [6.45, 7) is 3.26. The molecule has 1 saturated heterocycles. The van der Waals surface area contributed by atoms with Gasteiger partial charge in [0.15, 0.2) is 0 Å². The van der Waals surface area contributed by atoms with Crippen LogP contribution in [0.1, 0.15) is 29.7 Å². The van der Waals surface area contributed by atoms with Gasteiger partial charge in [0.2, 0.25) is 0 Å². The molecule has 106 valence electrons.